The zero-order chi connectivity index (χ0) is 8.58. The Balaban J connectivity index is 4.40. The van der Waals surface area contributed by atoms with E-state index >= 15 is 0 Å². The van der Waals surface area contributed by atoms with Gasteiger partial charge in [0, 0.05) is 0 Å². The van der Waals surface area contributed by atoms with Crippen molar-refractivity contribution in [3.63, 3.8) is 0 Å². The molecule has 7 nitrogen and oxygen atoms in total. The monoisotopic (exact) mass is 154 g/mol. The highest BCUT2D eigenvalue weighted by molar-refractivity contribution is 5.88. The van der Waals surface area contributed by atoms with Gasteiger partial charge in [-0.25, -0.2) is 0 Å². The van der Waals surface area contributed by atoms with E-state index in [1.807, 2.05) is 0 Å². The van der Waals surface area contributed by atoms with Gasteiger partial charge in [-0.15, -0.1) is 0 Å². The van der Waals surface area contributed by atoms with Crippen LogP contribution in [-0.4, -0.2) is 48.4 Å². The van der Waals surface area contributed by atoms with Crippen molar-refractivity contribution in [1.82, 2.24) is 0 Å². The summed E-state index contributed by atoms with van der Waals surface area (Å²) in [6.07, 6.45) is 0. The summed E-state index contributed by atoms with van der Waals surface area (Å²) in [5.41, 5.74) is 0. The molecule has 60 valence electrons. The summed E-state index contributed by atoms with van der Waals surface area (Å²) in [5, 5.41) is 47.4. The number of carbonyl (C=O) groups is 1. The predicted octanol–water partition coefficient (Wildman–Crippen LogP) is -4.18. The largest absolute Gasteiger partial charge is 0.347 e. The van der Waals surface area contributed by atoms with Crippen LogP contribution in [0, 0.1) is 0 Å². The summed E-state index contributed by atoms with van der Waals surface area (Å²) in [6.45, 7) is 0. The molecule has 0 atom stereocenters. The van der Waals surface area contributed by atoms with Crippen LogP contribution in [0.1, 0.15) is 0 Å². The molecule has 0 aliphatic rings. The number of aliphatic hydroxyl groups is 6. The molecule has 0 aliphatic carbocycles. The fraction of sp³-hybridized carbons (Fsp3) is 0.667. The summed E-state index contributed by atoms with van der Waals surface area (Å²) >= 11 is 0. The fourth-order valence-corrected chi connectivity index (χ4v) is 0.225. The molecule has 0 aromatic heterocycles. The van der Waals surface area contributed by atoms with E-state index in [4.69, 9.17) is 30.6 Å². The first-order valence-corrected chi connectivity index (χ1v) is 2.05. The number of ketones is 1. The Kier molecular flexibility index (Phi) is 2.11. The van der Waals surface area contributed by atoms with Crippen molar-refractivity contribution in [1.29, 1.82) is 0 Å². The first-order chi connectivity index (χ1) is 4.15. The molecule has 0 heterocycles. The molecular weight excluding hydrogens is 148 g/mol. The van der Waals surface area contributed by atoms with Gasteiger partial charge in [0.2, 0.25) is 0 Å². The van der Waals surface area contributed by atoms with Crippen LogP contribution in [0.4, 0.5) is 0 Å². The third-order valence-electron chi connectivity index (χ3n) is 0.609. The zero-order valence-electron chi connectivity index (χ0n) is 4.59. The average molecular weight is 154 g/mol. The van der Waals surface area contributed by atoms with Gasteiger partial charge >= 0.3 is 17.7 Å². The predicted molar refractivity (Wildman–Crippen MR) is 23.8 cm³/mol. The minimum absolute atomic E-state index is 2.35. The highest BCUT2D eigenvalue weighted by atomic mass is 16.7. The van der Waals surface area contributed by atoms with Crippen molar-refractivity contribution in [2.75, 3.05) is 0 Å². The second kappa shape index (κ2) is 2.23. The van der Waals surface area contributed by atoms with Crippen LogP contribution in [0.3, 0.4) is 0 Å². The number of Topliss-reactive ketones (excluding diaryl/α,β-unsaturated/α-hetero) is 1. The van der Waals surface area contributed by atoms with E-state index in [2.05, 4.69) is 0 Å². The quantitative estimate of drug-likeness (QED) is 0.222. The lowest BCUT2D eigenvalue weighted by Gasteiger charge is -2.18. The van der Waals surface area contributed by atoms with E-state index in [1.165, 1.54) is 0 Å². The Hall–Kier alpha value is -0.570. The summed E-state index contributed by atoms with van der Waals surface area (Å²) in [6, 6.07) is 0. The second-order valence-corrected chi connectivity index (χ2v) is 1.60. The van der Waals surface area contributed by atoms with Crippen molar-refractivity contribution >= 4 is 5.78 Å². The van der Waals surface area contributed by atoms with Gasteiger partial charge in [-0.1, -0.05) is 0 Å². The van der Waals surface area contributed by atoms with Crippen LogP contribution < -0.4 is 0 Å². The molecular formula is C3H6O7. The normalized spacial score (nSPS) is 13.4. The first kappa shape index (κ1) is 9.43. The topological polar surface area (TPSA) is 138 Å². The molecule has 7 heteroatoms. The van der Waals surface area contributed by atoms with Crippen LogP contribution >= 0.6 is 0 Å². The van der Waals surface area contributed by atoms with Crippen LogP contribution in [0.15, 0.2) is 0 Å². The van der Waals surface area contributed by atoms with Crippen LogP contribution in [-0.2, 0) is 4.79 Å². The lowest BCUT2D eigenvalue weighted by atomic mass is 10.3. The molecule has 0 saturated heterocycles. The van der Waals surface area contributed by atoms with E-state index in [0.29, 0.717) is 0 Å². The van der Waals surface area contributed by atoms with Crippen LogP contribution in [0.25, 0.3) is 0 Å². The molecule has 0 rings (SSSR count). The van der Waals surface area contributed by atoms with Gasteiger partial charge < -0.3 is 30.6 Å². The standard InChI is InChI=1S/C3H6O7/c4-1(2(5,6)7)3(8,9)10/h5-10H. The third-order valence-corrected chi connectivity index (χ3v) is 0.609. The number of hydrogen-bond donors (Lipinski definition) is 6. The van der Waals surface area contributed by atoms with Crippen molar-refractivity contribution in [3.8, 4) is 0 Å². The van der Waals surface area contributed by atoms with E-state index in [-0.39, 0.29) is 0 Å². The van der Waals surface area contributed by atoms with Crippen LogP contribution in [0.2, 0.25) is 0 Å². The smallest absolute Gasteiger partial charge is 0.337 e. The van der Waals surface area contributed by atoms with Crippen molar-refractivity contribution in [3.05, 3.63) is 0 Å². The van der Waals surface area contributed by atoms with Gasteiger partial charge in [-0.3, -0.25) is 4.79 Å². The molecule has 0 saturated carbocycles. The number of rotatable bonds is 2. The molecule has 10 heavy (non-hydrogen) atoms. The van der Waals surface area contributed by atoms with E-state index in [9.17, 15) is 4.79 Å². The Morgan fingerprint density at radius 1 is 0.800 bits per heavy atom. The van der Waals surface area contributed by atoms with Gasteiger partial charge in [0.15, 0.2) is 0 Å². The van der Waals surface area contributed by atoms with E-state index in [0.717, 1.165) is 0 Å². The Morgan fingerprint density at radius 2 is 1.00 bits per heavy atom. The minimum Gasteiger partial charge on any atom is -0.337 e. The molecule has 0 aromatic rings. The first-order valence-electron chi connectivity index (χ1n) is 2.05. The van der Waals surface area contributed by atoms with Gasteiger partial charge in [0.1, 0.15) is 0 Å². The molecule has 0 amide bonds. The Bertz CT molecular complexity index is 120. The van der Waals surface area contributed by atoms with E-state index in [1.54, 1.807) is 0 Å². The van der Waals surface area contributed by atoms with Gasteiger partial charge in [-0.05, 0) is 0 Å². The molecule has 0 radical (unpaired) electrons. The highest BCUT2D eigenvalue weighted by Crippen LogP contribution is 2.04. The summed E-state index contributed by atoms with van der Waals surface area (Å²) in [4.78, 5) is 9.99. The summed E-state index contributed by atoms with van der Waals surface area (Å²) in [7, 11) is 0. The summed E-state index contributed by atoms with van der Waals surface area (Å²) < 4.78 is 0. The molecule has 6 N–H and O–H groups in total. The Morgan fingerprint density at radius 3 is 1.00 bits per heavy atom. The SMILES string of the molecule is O=C(C(O)(O)O)C(O)(O)O. The zero-order valence-corrected chi connectivity index (χ0v) is 4.59. The summed E-state index contributed by atoms with van der Waals surface area (Å²) in [5.74, 6) is -10.2. The van der Waals surface area contributed by atoms with E-state index < -0.39 is 17.7 Å². The van der Waals surface area contributed by atoms with Gasteiger partial charge in [0.25, 0.3) is 0 Å². The fourth-order valence-electron chi connectivity index (χ4n) is 0.225. The number of hydrogen-bond acceptors (Lipinski definition) is 7. The maximum Gasteiger partial charge on any atom is 0.347 e. The van der Waals surface area contributed by atoms with Crippen LogP contribution in [0.5, 0.6) is 0 Å². The van der Waals surface area contributed by atoms with Crippen molar-refractivity contribution < 1.29 is 35.4 Å². The average Bonchev–Trinajstić information content (AvgIpc) is 1.59. The number of carbonyl (C=O) groups excluding carboxylic acids is 1. The lowest BCUT2D eigenvalue weighted by molar-refractivity contribution is -0.344. The molecule has 0 spiro atoms. The van der Waals surface area contributed by atoms with Gasteiger partial charge in [-0.2, -0.15) is 0 Å². The van der Waals surface area contributed by atoms with Crippen molar-refractivity contribution in [2.24, 2.45) is 0 Å². The Labute approximate surface area is 54.4 Å². The third kappa shape index (κ3) is 2.35. The second-order valence-electron chi connectivity index (χ2n) is 1.60. The highest BCUT2D eigenvalue weighted by Gasteiger charge is 2.45. The molecule has 0 unspecified atom stereocenters. The van der Waals surface area contributed by atoms with Crippen molar-refractivity contribution in [2.45, 2.75) is 11.9 Å². The van der Waals surface area contributed by atoms with Gasteiger partial charge in [0.05, 0.1) is 0 Å². The molecule has 0 aliphatic heterocycles. The maximum absolute atomic E-state index is 9.99. The molecule has 0 aromatic carbocycles. The molecule has 0 bridgehead atoms. The maximum atomic E-state index is 9.99. The molecule has 0 fully saturated rings. The minimum atomic E-state index is -3.95. The lowest BCUT2D eigenvalue weighted by Crippen LogP contribution is -2.53.